The van der Waals surface area contributed by atoms with Crippen LogP contribution in [0.4, 0.5) is 0 Å². The summed E-state index contributed by atoms with van der Waals surface area (Å²) >= 11 is 0. The number of aliphatic hydroxyl groups excluding tert-OH is 1. The fraction of sp³-hybridized carbons (Fsp3) is 0.579. The lowest BCUT2D eigenvalue weighted by Gasteiger charge is -2.29. The number of rotatable bonds is 5. The fourth-order valence-corrected chi connectivity index (χ4v) is 3.44. The average Bonchev–Trinajstić information content (AvgIpc) is 2.46. The van der Waals surface area contributed by atoms with E-state index in [2.05, 4.69) is 44.7 Å². The molecule has 1 heteroatoms. The maximum Gasteiger partial charge on any atom is 0.0853 e. The Morgan fingerprint density at radius 2 is 2.00 bits per heavy atom. The van der Waals surface area contributed by atoms with Crippen LogP contribution in [0.25, 0.3) is 0 Å². The topological polar surface area (TPSA) is 20.2 Å². The van der Waals surface area contributed by atoms with E-state index in [0.29, 0.717) is 23.5 Å². The van der Waals surface area contributed by atoms with Crippen molar-refractivity contribution in [2.75, 3.05) is 0 Å². The van der Waals surface area contributed by atoms with Gasteiger partial charge in [0.25, 0.3) is 0 Å². The summed E-state index contributed by atoms with van der Waals surface area (Å²) < 4.78 is 0. The largest absolute Gasteiger partial charge is 0.513 e. The summed E-state index contributed by atoms with van der Waals surface area (Å²) in [4.78, 5) is 0. The summed E-state index contributed by atoms with van der Waals surface area (Å²) in [6.45, 7) is 8.18. The Kier molecular flexibility index (Phi) is 5.28. The molecule has 3 atom stereocenters. The van der Waals surface area contributed by atoms with Gasteiger partial charge in [0.2, 0.25) is 0 Å². The minimum atomic E-state index is 0.350. The molecule has 0 bridgehead atoms. The maximum absolute atomic E-state index is 9.39. The standard InChI is InChI=1S/C19H28O/c1-4-14(2)17-8-10-18(11-9-17)19-7-5-6-16(13-19)12-15(3)20/h8-11,14,16,19-20H,3-7,12-13H2,1-2H3. The first kappa shape index (κ1) is 15.2. The first-order valence-electron chi connectivity index (χ1n) is 8.06. The summed E-state index contributed by atoms with van der Waals surface area (Å²) in [5.41, 5.74) is 2.93. The van der Waals surface area contributed by atoms with Crippen molar-refractivity contribution < 1.29 is 5.11 Å². The summed E-state index contributed by atoms with van der Waals surface area (Å²) in [7, 11) is 0. The summed E-state index contributed by atoms with van der Waals surface area (Å²) in [5, 5.41) is 9.39. The highest BCUT2D eigenvalue weighted by Gasteiger charge is 2.23. The van der Waals surface area contributed by atoms with E-state index in [9.17, 15) is 5.11 Å². The number of hydrogen-bond donors (Lipinski definition) is 1. The minimum Gasteiger partial charge on any atom is -0.513 e. The zero-order valence-corrected chi connectivity index (χ0v) is 12.9. The van der Waals surface area contributed by atoms with E-state index in [-0.39, 0.29) is 0 Å². The maximum atomic E-state index is 9.39. The van der Waals surface area contributed by atoms with Gasteiger partial charge in [0.05, 0.1) is 5.76 Å². The van der Waals surface area contributed by atoms with Crippen LogP contribution in [0.1, 0.15) is 75.3 Å². The number of benzene rings is 1. The Hall–Kier alpha value is -1.24. The Morgan fingerprint density at radius 3 is 2.60 bits per heavy atom. The monoisotopic (exact) mass is 272 g/mol. The second-order valence-electron chi connectivity index (χ2n) is 6.48. The van der Waals surface area contributed by atoms with Crippen LogP contribution in [0.5, 0.6) is 0 Å². The molecule has 0 spiro atoms. The van der Waals surface area contributed by atoms with Crippen molar-refractivity contribution in [2.45, 2.75) is 64.2 Å². The molecule has 1 N–H and O–H groups in total. The molecular weight excluding hydrogens is 244 g/mol. The number of hydrogen-bond acceptors (Lipinski definition) is 1. The zero-order valence-electron chi connectivity index (χ0n) is 12.9. The van der Waals surface area contributed by atoms with Gasteiger partial charge in [-0.1, -0.05) is 51.1 Å². The molecule has 1 fully saturated rings. The van der Waals surface area contributed by atoms with Crippen LogP contribution in [0.2, 0.25) is 0 Å². The van der Waals surface area contributed by atoms with Gasteiger partial charge in [-0.2, -0.15) is 0 Å². The summed E-state index contributed by atoms with van der Waals surface area (Å²) in [6.07, 6.45) is 6.97. The second kappa shape index (κ2) is 6.97. The van der Waals surface area contributed by atoms with Crippen LogP contribution < -0.4 is 0 Å². The van der Waals surface area contributed by atoms with Crippen molar-refractivity contribution >= 4 is 0 Å². The van der Waals surface area contributed by atoms with E-state index in [1.807, 2.05) is 0 Å². The molecule has 1 aromatic rings. The molecule has 1 aliphatic carbocycles. The van der Waals surface area contributed by atoms with Crippen molar-refractivity contribution in [1.29, 1.82) is 0 Å². The van der Waals surface area contributed by atoms with E-state index in [4.69, 9.17) is 0 Å². The van der Waals surface area contributed by atoms with Crippen LogP contribution in [0.3, 0.4) is 0 Å². The van der Waals surface area contributed by atoms with Crippen LogP contribution >= 0.6 is 0 Å². The lowest BCUT2D eigenvalue weighted by Crippen LogP contribution is -2.15. The third-order valence-corrected chi connectivity index (χ3v) is 4.90. The molecule has 1 aliphatic rings. The Balaban J connectivity index is 2.01. The van der Waals surface area contributed by atoms with E-state index < -0.39 is 0 Å². The molecule has 0 radical (unpaired) electrons. The van der Waals surface area contributed by atoms with Gasteiger partial charge in [0, 0.05) is 6.42 Å². The highest BCUT2D eigenvalue weighted by atomic mass is 16.3. The Labute approximate surface area is 123 Å². The lowest BCUT2D eigenvalue weighted by molar-refractivity contribution is 0.278. The van der Waals surface area contributed by atoms with Crippen LogP contribution in [-0.2, 0) is 0 Å². The fourth-order valence-electron chi connectivity index (χ4n) is 3.44. The second-order valence-corrected chi connectivity index (χ2v) is 6.48. The molecule has 1 aromatic carbocycles. The average molecular weight is 272 g/mol. The van der Waals surface area contributed by atoms with Gasteiger partial charge in [0.15, 0.2) is 0 Å². The van der Waals surface area contributed by atoms with E-state index in [0.717, 1.165) is 6.42 Å². The number of aliphatic hydroxyl groups is 1. The lowest BCUT2D eigenvalue weighted by atomic mass is 9.76. The molecule has 1 nitrogen and oxygen atoms in total. The van der Waals surface area contributed by atoms with Crippen molar-refractivity contribution in [2.24, 2.45) is 5.92 Å². The predicted octanol–water partition coefficient (Wildman–Crippen LogP) is 5.94. The van der Waals surface area contributed by atoms with E-state index in [1.54, 1.807) is 0 Å². The first-order valence-corrected chi connectivity index (χ1v) is 8.06. The molecule has 2 rings (SSSR count). The Bertz CT molecular complexity index is 432. The van der Waals surface area contributed by atoms with Gasteiger partial charge in [-0.25, -0.2) is 0 Å². The van der Waals surface area contributed by atoms with Gasteiger partial charge >= 0.3 is 0 Å². The van der Waals surface area contributed by atoms with Gasteiger partial charge in [-0.15, -0.1) is 0 Å². The van der Waals surface area contributed by atoms with Crippen LogP contribution in [0.15, 0.2) is 36.6 Å². The molecule has 0 amide bonds. The molecule has 20 heavy (non-hydrogen) atoms. The van der Waals surface area contributed by atoms with E-state index in [1.165, 1.54) is 43.2 Å². The SMILES string of the molecule is C=C(O)CC1CCCC(c2ccc(C(C)CC)cc2)C1. The van der Waals surface area contributed by atoms with Crippen molar-refractivity contribution in [3.63, 3.8) is 0 Å². The normalized spacial score (nSPS) is 24.3. The molecule has 1 saturated carbocycles. The van der Waals surface area contributed by atoms with Crippen LogP contribution in [0, 0.1) is 5.92 Å². The minimum absolute atomic E-state index is 0.350. The molecule has 0 saturated heterocycles. The third-order valence-electron chi connectivity index (χ3n) is 4.90. The van der Waals surface area contributed by atoms with E-state index >= 15 is 0 Å². The molecule has 0 aromatic heterocycles. The van der Waals surface area contributed by atoms with Gasteiger partial charge < -0.3 is 5.11 Å². The quantitative estimate of drug-likeness (QED) is 0.658. The zero-order chi connectivity index (χ0) is 14.5. The third kappa shape index (κ3) is 3.88. The summed E-state index contributed by atoms with van der Waals surface area (Å²) in [6, 6.07) is 9.25. The van der Waals surface area contributed by atoms with Crippen LogP contribution in [-0.4, -0.2) is 5.11 Å². The van der Waals surface area contributed by atoms with Gasteiger partial charge in [-0.05, 0) is 54.6 Å². The van der Waals surface area contributed by atoms with Crippen molar-refractivity contribution in [3.8, 4) is 0 Å². The van der Waals surface area contributed by atoms with Gasteiger partial charge in [0.1, 0.15) is 0 Å². The Morgan fingerprint density at radius 1 is 1.30 bits per heavy atom. The number of allylic oxidation sites excluding steroid dienone is 1. The molecule has 3 unspecified atom stereocenters. The molecule has 0 heterocycles. The molecular formula is C19H28O. The molecule has 110 valence electrons. The van der Waals surface area contributed by atoms with Crippen molar-refractivity contribution in [1.82, 2.24) is 0 Å². The highest BCUT2D eigenvalue weighted by Crippen LogP contribution is 2.38. The predicted molar refractivity (Wildman–Crippen MR) is 86.2 cm³/mol. The summed E-state index contributed by atoms with van der Waals surface area (Å²) in [5.74, 6) is 2.28. The van der Waals surface area contributed by atoms with Crippen molar-refractivity contribution in [3.05, 3.63) is 47.7 Å². The first-order chi connectivity index (χ1) is 9.60. The smallest absolute Gasteiger partial charge is 0.0853 e. The van der Waals surface area contributed by atoms with Gasteiger partial charge in [-0.3, -0.25) is 0 Å². The highest BCUT2D eigenvalue weighted by molar-refractivity contribution is 5.27. The molecule has 0 aliphatic heterocycles.